The first kappa shape index (κ1) is 21.5. The number of rotatable bonds is 4. The van der Waals surface area contributed by atoms with E-state index in [-0.39, 0.29) is 40.9 Å². The van der Waals surface area contributed by atoms with Crippen molar-refractivity contribution in [1.82, 2.24) is 0 Å². The van der Waals surface area contributed by atoms with Gasteiger partial charge in [-0.05, 0) is 61.3 Å². The van der Waals surface area contributed by atoms with Gasteiger partial charge in [-0.3, -0.25) is 14.4 Å². The molecule has 0 radical (unpaired) electrons. The number of ether oxygens (including phenoxy) is 1. The third-order valence-electron chi connectivity index (χ3n) is 9.74. The molecule has 0 heterocycles. The highest BCUT2D eigenvalue weighted by molar-refractivity contribution is 5.92. The summed E-state index contributed by atoms with van der Waals surface area (Å²) in [5.74, 6) is 1.23. The van der Waals surface area contributed by atoms with E-state index in [0.29, 0.717) is 24.7 Å². The van der Waals surface area contributed by atoms with Gasteiger partial charge in [0.1, 0.15) is 0 Å². The molecule has 6 atom stereocenters. The summed E-state index contributed by atoms with van der Waals surface area (Å²) in [6.45, 7) is 10.6. The van der Waals surface area contributed by atoms with Crippen LogP contribution in [0, 0.1) is 34.0 Å². The zero-order valence-electron chi connectivity index (χ0n) is 19.2. The fraction of sp³-hybridized carbons (Fsp3) is 0.731. The van der Waals surface area contributed by atoms with Crippen molar-refractivity contribution < 1.29 is 19.1 Å². The third kappa shape index (κ3) is 2.81. The lowest BCUT2D eigenvalue weighted by molar-refractivity contribution is -0.154. The molecule has 0 aromatic heterocycles. The summed E-state index contributed by atoms with van der Waals surface area (Å²) in [6, 6.07) is 0. The van der Waals surface area contributed by atoms with Crippen LogP contribution in [0.1, 0.15) is 79.6 Å². The molecule has 2 fully saturated rings. The van der Waals surface area contributed by atoms with Gasteiger partial charge in [0, 0.05) is 23.7 Å². The van der Waals surface area contributed by atoms with Gasteiger partial charge in [0.15, 0.2) is 18.2 Å². The summed E-state index contributed by atoms with van der Waals surface area (Å²) in [4.78, 5) is 37.1. The fourth-order valence-corrected chi connectivity index (χ4v) is 7.42. The van der Waals surface area contributed by atoms with Crippen molar-refractivity contribution in [3.8, 4) is 0 Å². The minimum Gasteiger partial charge on any atom is -0.458 e. The van der Waals surface area contributed by atoms with Crippen molar-refractivity contribution in [2.24, 2.45) is 34.0 Å². The maximum absolute atomic E-state index is 13.4. The third-order valence-corrected chi connectivity index (χ3v) is 9.74. The lowest BCUT2D eigenvalue weighted by Gasteiger charge is -2.55. The van der Waals surface area contributed by atoms with Crippen molar-refractivity contribution in [1.29, 1.82) is 0 Å². The lowest BCUT2D eigenvalue weighted by atomic mass is 9.48. The zero-order chi connectivity index (χ0) is 21.9. The van der Waals surface area contributed by atoms with E-state index in [9.17, 15) is 14.4 Å². The summed E-state index contributed by atoms with van der Waals surface area (Å²) < 4.78 is 5.26. The van der Waals surface area contributed by atoms with E-state index in [1.54, 1.807) is 6.92 Å². The number of hydrogen-bond acceptors (Lipinski definition) is 4. The maximum Gasteiger partial charge on any atom is 0.305 e. The molecular formula is C26H36O4. The van der Waals surface area contributed by atoms with E-state index in [1.807, 2.05) is 6.08 Å². The van der Waals surface area contributed by atoms with Crippen LogP contribution in [0.25, 0.3) is 0 Å². The Morgan fingerprint density at radius 1 is 1.20 bits per heavy atom. The Balaban J connectivity index is 1.67. The molecule has 0 aromatic rings. The minimum absolute atomic E-state index is 0.0149. The van der Waals surface area contributed by atoms with E-state index in [4.69, 9.17) is 4.74 Å². The van der Waals surface area contributed by atoms with Crippen molar-refractivity contribution in [3.05, 3.63) is 23.3 Å². The van der Waals surface area contributed by atoms with E-state index in [1.165, 1.54) is 11.1 Å². The van der Waals surface area contributed by atoms with Crippen molar-refractivity contribution in [2.45, 2.75) is 79.6 Å². The molecule has 4 rings (SSSR count). The number of ketones is 2. The highest BCUT2D eigenvalue weighted by Gasteiger charge is 2.65. The quantitative estimate of drug-likeness (QED) is 0.470. The van der Waals surface area contributed by atoms with Gasteiger partial charge in [0.2, 0.25) is 0 Å². The molecule has 4 aliphatic rings. The van der Waals surface area contributed by atoms with Crippen LogP contribution in [0.2, 0.25) is 0 Å². The van der Waals surface area contributed by atoms with Crippen LogP contribution in [0.3, 0.4) is 0 Å². The Morgan fingerprint density at radius 3 is 2.63 bits per heavy atom. The first-order valence-electron chi connectivity index (χ1n) is 11.7. The highest BCUT2D eigenvalue weighted by atomic mass is 16.5. The number of Topliss-reactive ketones (excluding diaryl/α,β-unsaturated/α-hetero) is 1. The van der Waals surface area contributed by atoms with Crippen molar-refractivity contribution in [2.75, 3.05) is 6.61 Å². The average Bonchev–Trinajstić information content (AvgIpc) is 2.93. The molecule has 0 aliphatic heterocycles. The highest BCUT2D eigenvalue weighted by Crippen LogP contribution is 2.69. The molecule has 2 saturated carbocycles. The predicted molar refractivity (Wildman–Crippen MR) is 116 cm³/mol. The Kier molecular flexibility index (Phi) is 5.14. The van der Waals surface area contributed by atoms with Crippen LogP contribution >= 0.6 is 0 Å². The number of esters is 1. The van der Waals surface area contributed by atoms with Gasteiger partial charge in [0.25, 0.3) is 0 Å². The summed E-state index contributed by atoms with van der Waals surface area (Å²) in [7, 11) is 0. The van der Waals surface area contributed by atoms with Gasteiger partial charge >= 0.3 is 5.97 Å². The van der Waals surface area contributed by atoms with E-state index in [0.717, 1.165) is 32.1 Å². The summed E-state index contributed by atoms with van der Waals surface area (Å²) in [6.07, 6.45) is 10.2. The zero-order valence-corrected chi connectivity index (χ0v) is 19.2. The van der Waals surface area contributed by atoms with E-state index in [2.05, 4.69) is 33.8 Å². The van der Waals surface area contributed by atoms with Gasteiger partial charge < -0.3 is 4.74 Å². The number of hydrogen-bond donors (Lipinski definition) is 0. The van der Waals surface area contributed by atoms with Crippen LogP contribution in [0.4, 0.5) is 0 Å². The lowest BCUT2D eigenvalue weighted by Crippen LogP contribution is -2.51. The van der Waals surface area contributed by atoms with E-state index >= 15 is 0 Å². The summed E-state index contributed by atoms with van der Waals surface area (Å²) in [5.41, 5.74) is 2.24. The number of carbonyl (C=O) groups is 3. The predicted octanol–water partition coefficient (Wildman–Crippen LogP) is 5.21. The molecule has 0 amide bonds. The molecule has 0 bridgehead atoms. The van der Waals surface area contributed by atoms with Gasteiger partial charge in [-0.15, -0.1) is 0 Å². The number of allylic oxidation sites excluding steroid dienone is 4. The molecule has 30 heavy (non-hydrogen) atoms. The minimum atomic E-state index is -0.493. The van der Waals surface area contributed by atoms with Gasteiger partial charge in [0.05, 0.1) is 0 Å². The summed E-state index contributed by atoms with van der Waals surface area (Å²) in [5, 5.41) is 0. The van der Waals surface area contributed by atoms with E-state index < -0.39 is 5.41 Å². The summed E-state index contributed by atoms with van der Waals surface area (Å²) >= 11 is 0. The monoisotopic (exact) mass is 412 g/mol. The molecule has 2 unspecified atom stereocenters. The second kappa shape index (κ2) is 7.17. The van der Waals surface area contributed by atoms with Gasteiger partial charge in [-0.2, -0.15) is 0 Å². The maximum atomic E-state index is 13.4. The topological polar surface area (TPSA) is 60.4 Å². The Morgan fingerprint density at radius 2 is 1.93 bits per heavy atom. The van der Waals surface area contributed by atoms with Crippen LogP contribution in [-0.4, -0.2) is 24.1 Å². The normalized spacial score (nSPS) is 42.4. The molecular weight excluding hydrogens is 376 g/mol. The van der Waals surface area contributed by atoms with Crippen LogP contribution in [-0.2, 0) is 19.1 Å². The molecule has 4 nitrogen and oxygen atoms in total. The van der Waals surface area contributed by atoms with Crippen LogP contribution in [0.5, 0.6) is 0 Å². The van der Waals surface area contributed by atoms with Gasteiger partial charge in [-0.1, -0.05) is 51.8 Å². The first-order valence-corrected chi connectivity index (χ1v) is 11.7. The first-order chi connectivity index (χ1) is 14.1. The standard InChI is InChI=1S/C26H36O4/c1-6-23(29)30-15-22(28)26(5)16(2)13-21-19-8-7-17-14-18(27)9-11-24(17,3)20(19)10-12-25(21,26)4/h10,14,16,19,21H,6-9,11-13,15H2,1-5H3/t16-,19?,21?,24+,25+,26-/m1/s1. The Hall–Kier alpha value is -1.71. The smallest absolute Gasteiger partial charge is 0.305 e. The molecule has 0 N–H and O–H groups in total. The van der Waals surface area contributed by atoms with Crippen molar-refractivity contribution >= 4 is 17.5 Å². The Labute approximate surface area is 180 Å². The van der Waals surface area contributed by atoms with Crippen LogP contribution in [0.15, 0.2) is 23.3 Å². The largest absolute Gasteiger partial charge is 0.458 e. The number of carbonyl (C=O) groups excluding carboxylic acids is 3. The average molecular weight is 413 g/mol. The SMILES string of the molecule is CCC(=O)OCC(=O)[C@@]1(C)[C@H](C)CC2C3CCC4=CC(=O)CC[C@]4(C)C3=CC[C@@]21C. The number of fused-ring (bicyclic) bond motifs is 5. The second-order valence-electron chi connectivity index (χ2n) is 10.8. The molecule has 0 saturated heterocycles. The van der Waals surface area contributed by atoms with Crippen molar-refractivity contribution in [3.63, 3.8) is 0 Å². The fourth-order valence-electron chi connectivity index (χ4n) is 7.42. The molecule has 0 aromatic carbocycles. The Bertz CT molecular complexity index is 851. The van der Waals surface area contributed by atoms with Gasteiger partial charge in [-0.25, -0.2) is 0 Å². The molecule has 4 heteroatoms. The molecule has 4 aliphatic carbocycles. The van der Waals surface area contributed by atoms with Crippen LogP contribution < -0.4 is 0 Å². The molecule has 164 valence electrons. The second-order valence-corrected chi connectivity index (χ2v) is 10.8. The molecule has 0 spiro atoms.